The fourth-order valence-electron chi connectivity index (χ4n) is 4.03. The molecule has 0 radical (unpaired) electrons. The maximum atomic E-state index is 11.8. The predicted molar refractivity (Wildman–Crippen MR) is 54.6 cm³/mol. The zero-order valence-corrected chi connectivity index (χ0v) is 9.26. The standard InChI is InChI=1S/C12H16O4/c1-2-16-12-6-3-5(11(12)15)9-7(13)4-8(14)10(6)9/h5-6,9-12,15H,2-4H2,1H3. The molecule has 0 spiro atoms. The van der Waals surface area contributed by atoms with Gasteiger partial charge in [0.15, 0.2) is 0 Å². The average molecular weight is 224 g/mol. The third-order valence-electron chi connectivity index (χ3n) is 4.50. The highest BCUT2D eigenvalue weighted by Gasteiger charge is 2.64. The first-order valence-electron chi connectivity index (χ1n) is 6.00. The highest BCUT2D eigenvalue weighted by molar-refractivity contribution is 6.09. The van der Waals surface area contributed by atoms with Gasteiger partial charge in [-0.3, -0.25) is 9.59 Å². The number of fused-ring (bicyclic) bond motifs is 5. The Hall–Kier alpha value is -0.740. The summed E-state index contributed by atoms with van der Waals surface area (Å²) >= 11 is 0. The van der Waals surface area contributed by atoms with Crippen LogP contribution in [0.15, 0.2) is 0 Å². The number of Topliss-reactive ketones (excluding diaryl/α,β-unsaturated/α-hetero) is 2. The van der Waals surface area contributed by atoms with Crippen molar-refractivity contribution in [3.63, 3.8) is 0 Å². The molecule has 3 aliphatic carbocycles. The number of aliphatic hydroxyl groups excluding tert-OH is 1. The molecule has 0 aromatic carbocycles. The smallest absolute Gasteiger partial charge is 0.144 e. The normalized spacial score (nSPS) is 50.1. The summed E-state index contributed by atoms with van der Waals surface area (Å²) in [6, 6.07) is 0. The number of carbonyl (C=O) groups is 2. The summed E-state index contributed by atoms with van der Waals surface area (Å²) in [6.45, 7) is 2.43. The first-order chi connectivity index (χ1) is 7.65. The quantitative estimate of drug-likeness (QED) is 0.679. The van der Waals surface area contributed by atoms with Gasteiger partial charge in [-0.05, 0) is 25.2 Å². The SMILES string of the molecule is CCOC1C(O)C2CC1C1C(=O)CC(=O)C21. The van der Waals surface area contributed by atoms with Crippen LogP contribution in [0, 0.1) is 23.7 Å². The van der Waals surface area contributed by atoms with Gasteiger partial charge in [0.1, 0.15) is 11.6 Å². The molecular weight excluding hydrogens is 208 g/mol. The van der Waals surface area contributed by atoms with Gasteiger partial charge in [0.25, 0.3) is 0 Å². The van der Waals surface area contributed by atoms with Crippen molar-refractivity contribution in [1.82, 2.24) is 0 Å². The number of hydrogen-bond donors (Lipinski definition) is 1. The molecule has 0 amide bonds. The Morgan fingerprint density at radius 3 is 2.50 bits per heavy atom. The molecule has 4 nitrogen and oxygen atoms in total. The third kappa shape index (κ3) is 1.12. The number of carbonyl (C=O) groups excluding carboxylic acids is 2. The maximum Gasteiger partial charge on any atom is 0.144 e. The number of ketones is 2. The largest absolute Gasteiger partial charge is 0.390 e. The van der Waals surface area contributed by atoms with Crippen LogP contribution in [-0.2, 0) is 14.3 Å². The Balaban J connectivity index is 1.91. The molecule has 3 saturated carbocycles. The van der Waals surface area contributed by atoms with Gasteiger partial charge in [-0.25, -0.2) is 0 Å². The van der Waals surface area contributed by atoms with Crippen molar-refractivity contribution in [2.45, 2.75) is 32.0 Å². The lowest BCUT2D eigenvalue weighted by atomic mass is 9.78. The van der Waals surface area contributed by atoms with Gasteiger partial charge in [-0.15, -0.1) is 0 Å². The van der Waals surface area contributed by atoms with E-state index in [1.54, 1.807) is 0 Å². The molecule has 6 unspecified atom stereocenters. The molecule has 0 saturated heterocycles. The Morgan fingerprint density at radius 1 is 1.25 bits per heavy atom. The molecule has 3 rings (SSSR count). The summed E-state index contributed by atoms with van der Waals surface area (Å²) in [4.78, 5) is 23.4. The van der Waals surface area contributed by atoms with Gasteiger partial charge in [0.2, 0.25) is 0 Å². The second-order valence-electron chi connectivity index (χ2n) is 5.13. The molecule has 2 bridgehead atoms. The van der Waals surface area contributed by atoms with Crippen LogP contribution in [0.2, 0.25) is 0 Å². The molecular formula is C12H16O4. The number of aliphatic hydroxyl groups is 1. The highest BCUT2D eigenvalue weighted by Crippen LogP contribution is 2.57. The van der Waals surface area contributed by atoms with Gasteiger partial charge in [0.05, 0.1) is 18.6 Å². The van der Waals surface area contributed by atoms with E-state index in [0.29, 0.717) is 6.61 Å². The summed E-state index contributed by atoms with van der Waals surface area (Å²) < 4.78 is 5.53. The van der Waals surface area contributed by atoms with Gasteiger partial charge in [-0.2, -0.15) is 0 Å². The van der Waals surface area contributed by atoms with Crippen LogP contribution in [0.5, 0.6) is 0 Å². The second-order valence-corrected chi connectivity index (χ2v) is 5.13. The minimum Gasteiger partial charge on any atom is -0.390 e. The van der Waals surface area contributed by atoms with Crippen molar-refractivity contribution in [2.75, 3.05) is 6.61 Å². The molecule has 1 N–H and O–H groups in total. The van der Waals surface area contributed by atoms with Crippen molar-refractivity contribution in [3.05, 3.63) is 0 Å². The number of ether oxygens (including phenoxy) is 1. The van der Waals surface area contributed by atoms with Gasteiger partial charge in [-0.1, -0.05) is 0 Å². The molecule has 88 valence electrons. The summed E-state index contributed by atoms with van der Waals surface area (Å²) in [7, 11) is 0. The Morgan fingerprint density at radius 2 is 1.88 bits per heavy atom. The van der Waals surface area contributed by atoms with E-state index in [1.165, 1.54) is 0 Å². The van der Waals surface area contributed by atoms with Crippen LogP contribution in [0.1, 0.15) is 19.8 Å². The second kappa shape index (κ2) is 3.37. The fourth-order valence-corrected chi connectivity index (χ4v) is 4.03. The van der Waals surface area contributed by atoms with E-state index >= 15 is 0 Å². The third-order valence-corrected chi connectivity index (χ3v) is 4.50. The van der Waals surface area contributed by atoms with Crippen LogP contribution in [-0.4, -0.2) is 35.5 Å². The number of rotatable bonds is 2. The molecule has 4 heteroatoms. The van der Waals surface area contributed by atoms with Crippen molar-refractivity contribution in [3.8, 4) is 0 Å². The minimum absolute atomic E-state index is 0.0366. The van der Waals surface area contributed by atoms with Crippen LogP contribution in [0.3, 0.4) is 0 Å². The molecule has 6 atom stereocenters. The van der Waals surface area contributed by atoms with E-state index in [4.69, 9.17) is 4.74 Å². The molecule has 0 heterocycles. The van der Waals surface area contributed by atoms with Crippen molar-refractivity contribution < 1.29 is 19.4 Å². The molecule has 3 aliphatic rings. The molecule has 0 aromatic rings. The lowest BCUT2D eigenvalue weighted by molar-refractivity contribution is -0.133. The van der Waals surface area contributed by atoms with Crippen LogP contribution >= 0.6 is 0 Å². The van der Waals surface area contributed by atoms with E-state index in [1.807, 2.05) is 6.92 Å². The minimum atomic E-state index is -0.555. The van der Waals surface area contributed by atoms with Crippen LogP contribution in [0.25, 0.3) is 0 Å². The molecule has 0 aliphatic heterocycles. The molecule has 3 fully saturated rings. The molecule has 0 aromatic heterocycles. The van der Waals surface area contributed by atoms with E-state index in [-0.39, 0.29) is 47.8 Å². The predicted octanol–water partition coefficient (Wildman–Crippen LogP) is 0.176. The topological polar surface area (TPSA) is 63.6 Å². The van der Waals surface area contributed by atoms with Crippen molar-refractivity contribution in [2.24, 2.45) is 23.7 Å². The zero-order chi connectivity index (χ0) is 11.4. The van der Waals surface area contributed by atoms with E-state index < -0.39 is 6.10 Å². The van der Waals surface area contributed by atoms with E-state index in [2.05, 4.69) is 0 Å². The highest BCUT2D eigenvalue weighted by atomic mass is 16.5. The van der Waals surface area contributed by atoms with Crippen molar-refractivity contribution >= 4 is 11.6 Å². The van der Waals surface area contributed by atoms with Crippen LogP contribution in [0.4, 0.5) is 0 Å². The Bertz CT molecular complexity index is 351. The first-order valence-corrected chi connectivity index (χ1v) is 6.00. The Kier molecular flexibility index (Phi) is 2.20. The van der Waals surface area contributed by atoms with Crippen molar-refractivity contribution in [1.29, 1.82) is 0 Å². The van der Waals surface area contributed by atoms with E-state index in [9.17, 15) is 14.7 Å². The summed E-state index contributed by atoms with van der Waals surface area (Å²) in [6.07, 6.45) is 0.0687. The van der Waals surface area contributed by atoms with Crippen LogP contribution < -0.4 is 0 Å². The van der Waals surface area contributed by atoms with Gasteiger partial charge >= 0.3 is 0 Å². The Labute approximate surface area is 94.0 Å². The van der Waals surface area contributed by atoms with Gasteiger partial charge < -0.3 is 9.84 Å². The monoisotopic (exact) mass is 224 g/mol. The average Bonchev–Trinajstić information content (AvgIpc) is 2.83. The summed E-state index contributed by atoms with van der Waals surface area (Å²) in [5.41, 5.74) is 0. The lowest BCUT2D eigenvalue weighted by Crippen LogP contribution is -2.44. The van der Waals surface area contributed by atoms with Gasteiger partial charge in [0, 0.05) is 18.4 Å². The lowest BCUT2D eigenvalue weighted by Gasteiger charge is -2.33. The van der Waals surface area contributed by atoms with E-state index in [0.717, 1.165) is 6.42 Å². The maximum absolute atomic E-state index is 11.8. The number of hydrogen-bond acceptors (Lipinski definition) is 4. The fraction of sp³-hybridized carbons (Fsp3) is 0.833. The summed E-state index contributed by atoms with van der Waals surface area (Å²) in [5.74, 6) is -0.216. The summed E-state index contributed by atoms with van der Waals surface area (Å²) in [5, 5.41) is 10.1. The zero-order valence-electron chi connectivity index (χ0n) is 9.26. The molecule has 16 heavy (non-hydrogen) atoms. The first kappa shape index (κ1) is 10.4.